The van der Waals surface area contributed by atoms with E-state index >= 15 is 0 Å². The molecule has 0 saturated carbocycles. The zero-order valence-electron chi connectivity index (χ0n) is 9.00. The number of hydrogen-bond acceptors (Lipinski definition) is 1. The standard InChI is InChI=1S/C12H14N2S/c1-8(2)7-14-11-5-4-9(3)6-10(11)13-12(14)15/h4-6H,1,7H2,2-3H3,(H,13,15). The van der Waals surface area contributed by atoms with Crippen molar-refractivity contribution in [3.8, 4) is 0 Å². The summed E-state index contributed by atoms with van der Waals surface area (Å²) < 4.78 is 2.84. The molecule has 0 radical (unpaired) electrons. The fourth-order valence-corrected chi connectivity index (χ4v) is 1.98. The van der Waals surface area contributed by atoms with Crippen LogP contribution in [-0.4, -0.2) is 9.55 Å². The summed E-state index contributed by atoms with van der Waals surface area (Å²) in [6, 6.07) is 6.31. The van der Waals surface area contributed by atoms with Crippen molar-refractivity contribution < 1.29 is 0 Å². The second-order valence-corrected chi connectivity index (χ2v) is 4.38. The van der Waals surface area contributed by atoms with Crippen LogP contribution in [0.3, 0.4) is 0 Å². The molecule has 0 amide bonds. The summed E-state index contributed by atoms with van der Waals surface area (Å²) in [5.74, 6) is 0. The predicted octanol–water partition coefficient (Wildman–Crippen LogP) is 3.58. The molecule has 0 bridgehead atoms. The Kier molecular flexibility index (Phi) is 2.49. The molecule has 15 heavy (non-hydrogen) atoms. The minimum Gasteiger partial charge on any atom is -0.331 e. The summed E-state index contributed by atoms with van der Waals surface area (Å²) >= 11 is 5.28. The molecule has 0 spiro atoms. The number of benzene rings is 1. The van der Waals surface area contributed by atoms with Gasteiger partial charge in [-0.05, 0) is 43.8 Å². The van der Waals surface area contributed by atoms with Gasteiger partial charge >= 0.3 is 0 Å². The van der Waals surface area contributed by atoms with E-state index in [0.717, 1.165) is 27.9 Å². The van der Waals surface area contributed by atoms with Crippen LogP contribution in [0.1, 0.15) is 12.5 Å². The first kappa shape index (κ1) is 10.2. The van der Waals surface area contributed by atoms with Gasteiger partial charge in [-0.15, -0.1) is 0 Å². The Hall–Kier alpha value is -1.35. The van der Waals surface area contributed by atoms with Gasteiger partial charge in [-0.3, -0.25) is 0 Å². The van der Waals surface area contributed by atoms with E-state index in [4.69, 9.17) is 12.2 Å². The third kappa shape index (κ3) is 1.88. The highest BCUT2D eigenvalue weighted by atomic mass is 32.1. The average Bonchev–Trinajstić information content (AvgIpc) is 2.41. The molecule has 0 atom stereocenters. The molecular weight excluding hydrogens is 204 g/mol. The number of imidazole rings is 1. The van der Waals surface area contributed by atoms with Crippen molar-refractivity contribution in [2.45, 2.75) is 20.4 Å². The number of aromatic nitrogens is 2. The molecule has 1 aromatic carbocycles. The van der Waals surface area contributed by atoms with Gasteiger partial charge < -0.3 is 9.55 Å². The lowest BCUT2D eigenvalue weighted by molar-refractivity contribution is 0.798. The molecular formula is C12H14N2S. The lowest BCUT2D eigenvalue weighted by Gasteiger charge is -2.03. The van der Waals surface area contributed by atoms with Crippen LogP contribution in [0.25, 0.3) is 11.0 Å². The van der Waals surface area contributed by atoms with Gasteiger partial charge in [-0.25, -0.2) is 0 Å². The molecule has 3 heteroatoms. The van der Waals surface area contributed by atoms with Gasteiger partial charge in [0.25, 0.3) is 0 Å². The molecule has 0 unspecified atom stereocenters. The maximum atomic E-state index is 5.28. The van der Waals surface area contributed by atoms with E-state index in [-0.39, 0.29) is 0 Å². The number of allylic oxidation sites excluding steroid dienone is 1. The molecule has 0 aliphatic carbocycles. The van der Waals surface area contributed by atoms with Crippen molar-refractivity contribution in [3.05, 3.63) is 40.7 Å². The summed E-state index contributed by atoms with van der Waals surface area (Å²) in [6.45, 7) is 8.78. The van der Waals surface area contributed by atoms with E-state index in [9.17, 15) is 0 Å². The number of aryl methyl sites for hydroxylation is 1. The third-order valence-electron chi connectivity index (χ3n) is 2.36. The Bertz CT molecular complexity index is 575. The molecule has 1 N–H and O–H groups in total. The molecule has 0 saturated heterocycles. The largest absolute Gasteiger partial charge is 0.331 e. The zero-order valence-corrected chi connectivity index (χ0v) is 9.82. The van der Waals surface area contributed by atoms with Crippen molar-refractivity contribution >= 4 is 23.3 Å². The quantitative estimate of drug-likeness (QED) is 0.603. The molecule has 78 valence electrons. The van der Waals surface area contributed by atoms with Gasteiger partial charge in [-0.2, -0.15) is 0 Å². The van der Waals surface area contributed by atoms with Gasteiger partial charge in [-0.1, -0.05) is 18.2 Å². The molecule has 2 nitrogen and oxygen atoms in total. The van der Waals surface area contributed by atoms with E-state index in [1.165, 1.54) is 5.56 Å². The van der Waals surface area contributed by atoms with Crippen molar-refractivity contribution in [2.24, 2.45) is 0 Å². The number of nitrogens with zero attached hydrogens (tertiary/aromatic N) is 1. The number of fused-ring (bicyclic) bond motifs is 1. The van der Waals surface area contributed by atoms with Crippen LogP contribution in [0.5, 0.6) is 0 Å². The number of hydrogen-bond donors (Lipinski definition) is 1. The Morgan fingerprint density at radius 3 is 2.93 bits per heavy atom. The van der Waals surface area contributed by atoms with Crippen LogP contribution in [0, 0.1) is 11.7 Å². The van der Waals surface area contributed by atoms with E-state index in [2.05, 4.69) is 41.3 Å². The molecule has 2 aromatic rings. The maximum absolute atomic E-state index is 5.28. The molecule has 0 aliphatic heterocycles. The summed E-state index contributed by atoms with van der Waals surface area (Å²) in [5, 5.41) is 0. The van der Waals surface area contributed by atoms with Gasteiger partial charge in [0.1, 0.15) is 0 Å². The van der Waals surface area contributed by atoms with Gasteiger partial charge in [0.15, 0.2) is 4.77 Å². The SMILES string of the molecule is C=C(C)Cn1c(=S)[nH]c2cc(C)ccc21. The monoisotopic (exact) mass is 218 g/mol. The first-order chi connectivity index (χ1) is 7.08. The minimum atomic E-state index is 0.763. The van der Waals surface area contributed by atoms with Crippen LogP contribution in [0.4, 0.5) is 0 Å². The smallest absolute Gasteiger partial charge is 0.178 e. The van der Waals surface area contributed by atoms with Crippen molar-refractivity contribution in [2.75, 3.05) is 0 Å². The number of H-pyrrole nitrogens is 1. The van der Waals surface area contributed by atoms with E-state index in [1.54, 1.807) is 0 Å². The summed E-state index contributed by atoms with van der Waals surface area (Å²) in [4.78, 5) is 3.21. The van der Waals surface area contributed by atoms with Crippen LogP contribution < -0.4 is 0 Å². The molecule has 2 rings (SSSR count). The van der Waals surface area contributed by atoms with Crippen LogP contribution in [0.2, 0.25) is 0 Å². The number of nitrogens with one attached hydrogen (secondary N) is 1. The van der Waals surface area contributed by atoms with Crippen molar-refractivity contribution in [1.29, 1.82) is 0 Å². The average molecular weight is 218 g/mol. The van der Waals surface area contributed by atoms with Crippen molar-refractivity contribution in [3.63, 3.8) is 0 Å². The first-order valence-electron chi connectivity index (χ1n) is 4.91. The second-order valence-electron chi connectivity index (χ2n) is 3.99. The van der Waals surface area contributed by atoms with Gasteiger partial charge in [0.2, 0.25) is 0 Å². The lowest BCUT2D eigenvalue weighted by Crippen LogP contribution is -1.97. The molecule has 0 aliphatic rings. The van der Waals surface area contributed by atoms with E-state index in [0.29, 0.717) is 0 Å². The van der Waals surface area contributed by atoms with Crippen molar-refractivity contribution in [1.82, 2.24) is 9.55 Å². The zero-order chi connectivity index (χ0) is 11.0. The fourth-order valence-electron chi connectivity index (χ4n) is 1.70. The number of rotatable bonds is 2. The first-order valence-corrected chi connectivity index (χ1v) is 5.32. The number of aromatic amines is 1. The predicted molar refractivity (Wildman–Crippen MR) is 66.7 cm³/mol. The van der Waals surface area contributed by atoms with E-state index in [1.807, 2.05) is 6.92 Å². The summed E-state index contributed by atoms with van der Waals surface area (Å²) in [5.41, 5.74) is 4.59. The maximum Gasteiger partial charge on any atom is 0.178 e. The molecule has 1 heterocycles. The second kappa shape index (κ2) is 3.66. The van der Waals surface area contributed by atoms with Crippen LogP contribution in [0.15, 0.2) is 30.4 Å². The Balaban J connectivity index is 2.68. The lowest BCUT2D eigenvalue weighted by atomic mass is 10.2. The minimum absolute atomic E-state index is 0.763. The van der Waals surface area contributed by atoms with Gasteiger partial charge in [0, 0.05) is 6.54 Å². The van der Waals surface area contributed by atoms with Gasteiger partial charge in [0.05, 0.1) is 11.0 Å². The highest BCUT2D eigenvalue weighted by molar-refractivity contribution is 7.71. The molecule has 1 aromatic heterocycles. The van der Waals surface area contributed by atoms with Crippen LogP contribution >= 0.6 is 12.2 Å². The fraction of sp³-hybridized carbons (Fsp3) is 0.250. The van der Waals surface area contributed by atoms with E-state index < -0.39 is 0 Å². The Morgan fingerprint density at radius 2 is 2.27 bits per heavy atom. The summed E-state index contributed by atoms with van der Waals surface area (Å²) in [6.07, 6.45) is 0. The topological polar surface area (TPSA) is 20.7 Å². The molecule has 0 fully saturated rings. The van der Waals surface area contributed by atoms with Crippen LogP contribution in [-0.2, 0) is 6.54 Å². The summed E-state index contributed by atoms with van der Waals surface area (Å²) in [7, 11) is 0. The highest BCUT2D eigenvalue weighted by Gasteiger charge is 2.03. The normalized spacial score (nSPS) is 10.8. The third-order valence-corrected chi connectivity index (χ3v) is 2.68. The Morgan fingerprint density at radius 1 is 1.53 bits per heavy atom. The Labute approximate surface area is 94.2 Å². The highest BCUT2D eigenvalue weighted by Crippen LogP contribution is 2.16.